The van der Waals surface area contributed by atoms with Crippen molar-refractivity contribution in [1.82, 2.24) is 18.9 Å². The number of nitrogens with one attached hydrogen (secondary N) is 1. The summed E-state index contributed by atoms with van der Waals surface area (Å²) in [7, 11) is -3.76. The molecule has 3 heterocycles. The maximum atomic E-state index is 13.6. The first-order valence-corrected chi connectivity index (χ1v) is 14.1. The van der Waals surface area contributed by atoms with Gasteiger partial charge in [0.25, 0.3) is 5.91 Å². The van der Waals surface area contributed by atoms with Crippen molar-refractivity contribution in [3.8, 4) is 11.1 Å². The molecule has 2 aromatic heterocycles. The van der Waals surface area contributed by atoms with Gasteiger partial charge in [0.05, 0.1) is 23.7 Å². The van der Waals surface area contributed by atoms with Crippen LogP contribution in [-0.2, 0) is 21.2 Å². The Morgan fingerprint density at radius 2 is 1.82 bits per heavy atom. The van der Waals surface area contributed by atoms with Crippen LogP contribution in [0.5, 0.6) is 0 Å². The Morgan fingerprint density at radius 1 is 1.05 bits per heavy atom. The second-order valence-corrected chi connectivity index (χ2v) is 11.4. The van der Waals surface area contributed by atoms with E-state index in [9.17, 15) is 13.2 Å². The predicted molar refractivity (Wildman–Crippen MR) is 146 cm³/mol. The number of amides is 1. The highest BCUT2D eigenvalue weighted by Gasteiger charge is 2.30. The van der Waals surface area contributed by atoms with E-state index in [1.807, 2.05) is 50.2 Å². The van der Waals surface area contributed by atoms with Crippen LogP contribution in [-0.4, -0.2) is 59.5 Å². The van der Waals surface area contributed by atoms with Gasteiger partial charge < -0.3 is 10.1 Å². The maximum absolute atomic E-state index is 13.6. The zero-order valence-electron chi connectivity index (χ0n) is 22.0. The van der Waals surface area contributed by atoms with E-state index in [0.29, 0.717) is 54.3 Å². The van der Waals surface area contributed by atoms with Gasteiger partial charge in [0, 0.05) is 30.2 Å². The zero-order chi connectivity index (χ0) is 27.0. The van der Waals surface area contributed by atoms with E-state index in [4.69, 9.17) is 9.72 Å². The molecular formula is C28H31N5O4S. The van der Waals surface area contributed by atoms with E-state index in [2.05, 4.69) is 17.3 Å². The molecule has 0 aliphatic carbocycles. The van der Waals surface area contributed by atoms with Crippen molar-refractivity contribution in [2.24, 2.45) is 0 Å². The van der Waals surface area contributed by atoms with E-state index in [-0.39, 0.29) is 10.6 Å². The van der Waals surface area contributed by atoms with Crippen LogP contribution in [0.2, 0.25) is 0 Å². The van der Waals surface area contributed by atoms with Crippen LogP contribution in [0.4, 0.5) is 5.69 Å². The Bertz CT molecular complexity index is 1640. The molecule has 9 nitrogen and oxygen atoms in total. The molecule has 0 radical (unpaired) electrons. The normalized spacial score (nSPS) is 14.6. The molecular weight excluding hydrogens is 502 g/mol. The molecule has 2 aromatic carbocycles. The molecule has 0 saturated carbocycles. The number of carbonyl (C=O) groups is 1. The van der Waals surface area contributed by atoms with Gasteiger partial charge in [0.1, 0.15) is 0 Å². The quantitative estimate of drug-likeness (QED) is 0.399. The minimum Gasteiger partial charge on any atom is -0.379 e. The number of carbonyl (C=O) groups excluding carboxylic acids is 1. The van der Waals surface area contributed by atoms with Crippen molar-refractivity contribution >= 4 is 27.3 Å². The monoisotopic (exact) mass is 533 g/mol. The van der Waals surface area contributed by atoms with E-state index < -0.39 is 15.9 Å². The lowest BCUT2D eigenvalue weighted by Gasteiger charge is -2.26. The molecule has 1 saturated heterocycles. The lowest BCUT2D eigenvalue weighted by Crippen LogP contribution is -2.40. The van der Waals surface area contributed by atoms with Crippen LogP contribution in [0.25, 0.3) is 16.8 Å². The van der Waals surface area contributed by atoms with Crippen LogP contribution < -0.4 is 5.32 Å². The predicted octanol–water partition coefficient (Wildman–Crippen LogP) is 4.16. The standard InChI is InChI=1S/C28H31N5O4S/c1-5-21-7-6-8-23(16-21)30-28(34)26-25(27-29-19(3)15-20(4)33(27)31-26)22-10-9-18(2)24(17-22)38(35,36)32-11-13-37-14-12-32/h6-10,15-17H,5,11-14H2,1-4H3,(H,30,34). The fourth-order valence-corrected chi connectivity index (χ4v) is 6.42. The summed E-state index contributed by atoms with van der Waals surface area (Å²) in [5.41, 5.74) is 5.68. The Morgan fingerprint density at radius 3 is 2.55 bits per heavy atom. The van der Waals surface area contributed by atoms with E-state index in [1.165, 1.54) is 4.31 Å². The second kappa shape index (κ2) is 10.3. The average Bonchev–Trinajstić information content (AvgIpc) is 3.29. The van der Waals surface area contributed by atoms with Gasteiger partial charge in [-0.2, -0.15) is 9.40 Å². The first-order valence-electron chi connectivity index (χ1n) is 12.6. The molecule has 0 unspecified atom stereocenters. The molecule has 0 bridgehead atoms. The summed E-state index contributed by atoms with van der Waals surface area (Å²) in [5, 5.41) is 7.60. The Kier molecular flexibility index (Phi) is 7.04. The van der Waals surface area contributed by atoms with Crippen molar-refractivity contribution in [3.63, 3.8) is 0 Å². The third-order valence-electron chi connectivity index (χ3n) is 6.77. The number of ether oxygens (including phenoxy) is 1. The zero-order valence-corrected chi connectivity index (χ0v) is 22.8. The molecule has 198 valence electrons. The molecule has 4 aromatic rings. The van der Waals surface area contributed by atoms with Gasteiger partial charge >= 0.3 is 0 Å². The molecule has 0 atom stereocenters. The minimum atomic E-state index is -3.76. The molecule has 1 aliphatic heterocycles. The summed E-state index contributed by atoms with van der Waals surface area (Å²) in [4.78, 5) is 18.5. The van der Waals surface area contributed by atoms with Crippen molar-refractivity contribution in [2.45, 2.75) is 39.0 Å². The van der Waals surface area contributed by atoms with Gasteiger partial charge in [-0.3, -0.25) is 4.79 Å². The van der Waals surface area contributed by atoms with Gasteiger partial charge in [-0.05, 0) is 68.1 Å². The molecule has 10 heteroatoms. The van der Waals surface area contributed by atoms with Crippen LogP contribution in [0.3, 0.4) is 0 Å². The first-order chi connectivity index (χ1) is 18.2. The average molecular weight is 534 g/mol. The van der Waals surface area contributed by atoms with Crippen molar-refractivity contribution in [1.29, 1.82) is 0 Å². The van der Waals surface area contributed by atoms with Gasteiger partial charge in [0.15, 0.2) is 11.3 Å². The van der Waals surface area contributed by atoms with Crippen molar-refractivity contribution in [3.05, 3.63) is 76.7 Å². The molecule has 1 amide bonds. The number of nitrogens with zero attached hydrogens (tertiary/aromatic N) is 4. The van der Waals surface area contributed by atoms with Gasteiger partial charge in [-0.25, -0.2) is 17.9 Å². The number of hydrogen-bond acceptors (Lipinski definition) is 6. The Balaban J connectivity index is 1.66. The number of hydrogen-bond donors (Lipinski definition) is 1. The number of morpholine rings is 1. The lowest BCUT2D eigenvalue weighted by atomic mass is 10.0. The number of aromatic nitrogens is 3. The fourth-order valence-electron chi connectivity index (χ4n) is 4.76. The molecule has 1 fully saturated rings. The fraction of sp³-hybridized carbons (Fsp3) is 0.321. The van der Waals surface area contributed by atoms with Gasteiger partial charge in [-0.1, -0.05) is 31.2 Å². The van der Waals surface area contributed by atoms with Crippen LogP contribution >= 0.6 is 0 Å². The summed E-state index contributed by atoms with van der Waals surface area (Å²) in [6.07, 6.45) is 0.843. The smallest absolute Gasteiger partial charge is 0.276 e. The SMILES string of the molecule is CCc1cccc(NC(=O)c2nn3c(C)cc(C)nc3c2-c2ccc(C)c(S(=O)(=O)N3CCOCC3)c2)c1. The van der Waals surface area contributed by atoms with Gasteiger partial charge in [0.2, 0.25) is 10.0 Å². The highest BCUT2D eigenvalue weighted by molar-refractivity contribution is 7.89. The van der Waals surface area contributed by atoms with E-state index in [0.717, 1.165) is 23.4 Å². The number of sulfonamides is 1. The number of benzene rings is 2. The summed E-state index contributed by atoms with van der Waals surface area (Å²) in [6, 6.07) is 14.8. The van der Waals surface area contributed by atoms with Gasteiger partial charge in [-0.15, -0.1) is 0 Å². The number of fused-ring (bicyclic) bond motifs is 1. The molecule has 5 rings (SSSR count). The first kappa shape index (κ1) is 26.0. The molecule has 1 aliphatic rings. The maximum Gasteiger partial charge on any atom is 0.276 e. The molecule has 0 spiro atoms. The highest BCUT2D eigenvalue weighted by atomic mass is 32.2. The molecule has 1 N–H and O–H groups in total. The highest BCUT2D eigenvalue weighted by Crippen LogP contribution is 2.33. The van der Waals surface area contributed by atoms with Crippen LogP contribution in [0, 0.1) is 20.8 Å². The Hall–Kier alpha value is -3.60. The number of anilines is 1. The third kappa shape index (κ3) is 4.82. The number of aryl methyl sites for hydroxylation is 4. The van der Waals surface area contributed by atoms with Crippen molar-refractivity contribution in [2.75, 3.05) is 31.6 Å². The van der Waals surface area contributed by atoms with E-state index >= 15 is 0 Å². The van der Waals surface area contributed by atoms with Crippen LogP contribution in [0.1, 0.15) is 39.9 Å². The van der Waals surface area contributed by atoms with E-state index in [1.54, 1.807) is 23.6 Å². The number of rotatable bonds is 6. The molecule has 38 heavy (non-hydrogen) atoms. The summed E-state index contributed by atoms with van der Waals surface area (Å²) in [5.74, 6) is -0.394. The summed E-state index contributed by atoms with van der Waals surface area (Å²) >= 11 is 0. The largest absolute Gasteiger partial charge is 0.379 e. The minimum absolute atomic E-state index is 0.173. The summed E-state index contributed by atoms with van der Waals surface area (Å²) < 4.78 is 35.6. The second-order valence-electron chi connectivity index (χ2n) is 9.50. The Labute approximate surface area is 222 Å². The van der Waals surface area contributed by atoms with Crippen LogP contribution in [0.15, 0.2) is 53.4 Å². The van der Waals surface area contributed by atoms with Crippen molar-refractivity contribution < 1.29 is 17.9 Å². The lowest BCUT2D eigenvalue weighted by molar-refractivity contribution is 0.0730. The topological polar surface area (TPSA) is 106 Å². The third-order valence-corrected chi connectivity index (χ3v) is 8.81. The summed E-state index contributed by atoms with van der Waals surface area (Å²) in [6.45, 7) is 8.92.